The van der Waals surface area contributed by atoms with Gasteiger partial charge in [0.25, 0.3) is 0 Å². The van der Waals surface area contributed by atoms with Gasteiger partial charge in [-0.15, -0.1) is 0 Å². The van der Waals surface area contributed by atoms with Crippen LogP contribution in [0.2, 0.25) is 0 Å². The Hall–Kier alpha value is -3.21. The Morgan fingerprint density at radius 1 is 1.00 bits per heavy atom. The molecule has 1 aromatic carbocycles. The molecule has 1 amide bonds. The third kappa shape index (κ3) is 3.97. The Balaban J connectivity index is 1.67. The summed E-state index contributed by atoms with van der Waals surface area (Å²) >= 11 is 0. The summed E-state index contributed by atoms with van der Waals surface area (Å²) in [5, 5.41) is 4.74. The lowest BCUT2D eigenvalue weighted by Gasteiger charge is -2.25. The second-order valence-electron chi connectivity index (χ2n) is 6.67. The van der Waals surface area contributed by atoms with Crippen LogP contribution in [-0.2, 0) is 4.79 Å². The Morgan fingerprint density at radius 2 is 1.81 bits per heavy atom. The van der Waals surface area contributed by atoms with E-state index in [9.17, 15) is 4.79 Å². The SMILES string of the molecule is O=C(/C=C/c1cn(-c2ccccc2)nc1-c1cccnc1)N1CCCCC1. The molecule has 0 unspecified atom stereocenters. The topological polar surface area (TPSA) is 51.0 Å². The Kier molecular flexibility index (Phi) is 5.10. The molecule has 27 heavy (non-hydrogen) atoms. The fraction of sp³-hybridized carbons (Fsp3) is 0.227. The lowest BCUT2D eigenvalue weighted by atomic mass is 10.1. The summed E-state index contributed by atoms with van der Waals surface area (Å²) < 4.78 is 1.84. The maximum absolute atomic E-state index is 12.5. The van der Waals surface area contributed by atoms with Crippen molar-refractivity contribution in [2.75, 3.05) is 13.1 Å². The van der Waals surface area contributed by atoms with Gasteiger partial charge in [0.15, 0.2) is 0 Å². The first-order chi connectivity index (χ1) is 13.3. The number of aromatic nitrogens is 3. The summed E-state index contributed by atoms with van der Waals surface area (Å²) in [5.74, 6) is 0.0688. The summed E-state index contributed by atoms with van der Waals surface area (Å²) in [6.45, 7) is 1.70. The zero-order chi connectivity index (χ0) is 18.5. The minimum Gasteiger partial charge on any atom is -0.339 e. The quantitative estimate of drug-likeness (QED) is 0.663. The van der Waals surface area contributed by atoms with Gasteiger partial charge in [-0.25, -0.2) is 4.68 Å². The van der Waals surface area contributed by atoms with Crippen LogP contribution in [0, 0.1) is 0 Å². The van der Waals surface area contributed by atoms with Crippen LogP contribution in [0.3, 0.4) is 0 Å². The highest BCUT2D eigenvalue weighted by Crippen LogP contribution is 2.24. The van der Waals surface area contributed by atoms with E-state index in [2.05, 4.69) is 4.98 Å². The lowest BCUT2D eigenvalue weighted by molar-refractivity contribution is -0.126. The second kappa shape index (κ2) is 7.99. The molecule has 0 saturated carbocycles. The van der Waals surface area contributed by atoms with E-state index >= 15 is 0 Å². The van der Waals surface area contributed by atoms with Crippen LogP contribution in [0.15, 0.2) is 67.1 Å². The molecule has 2 aromatic heterocycles. The Labute approximate surface area is 159 Å². The average Bonchev–Trinajstić information content (AvgIpc) is 3.18. The normalized spacial score (nSPS) is 14.6. The van der Waals surface area contributed by atoms with E-state index in [4.69, 9.17) is 5.10 Å². The molecule has 1 fully saturated rings. The predicted molar refractivity (Wildman–Crippen MR) is 106 cm³/mol. The predicted octanol–water partition coefficient (Wildman–Crippen LogP) is 3.96. The molecular weight excluding hydrogens is 336 g/mol. The Bertz CT molecular complexity index is 925. The molecule has 5 heteroatoms. The van der Waals surface area contributed by atoms with Crippen LogP contribution in [-0.4, -0.2) is 38.7 Å². The largest absolute Gasteiger partial charge is 0.339 e. The minimum absolute atomic E-state index is 0.0688. The summed E-state index contributed by atoms with van der Waals surface area (Å²) in [5.41, 5.74) is 3.62. The molecule has 5 nitrogen and oxygen atoms in total. The molecule has 1 aliphatic rings. The van der Waals surface area contributed by atoms with Crippen molar-refractivity contribution in [3.05, 3.63) is 72.7 Å². The highest BCUT2D eigenvalue weighted by molar-refractivity contribution is 5.92. The van der Waals surface area contributed by atoms with Crippen LogP contribution in [0.4, 0.5) is 0 Å². The van der Waals surface area contributed by atoms with Crippen molar-refractivity contribution in [2.24, 2.45) is 0 Å². The number of nitrogens with zero attached hydrogens (tertiary/aromatic N) is 4. The molecule has 3 aromatic rings. The molecule has 0 spiro atoms. The summed E-state index contributed by atoms with van der Waals surface area (Å²) in [6, 6.07) is 13.8. The molecule has 0 radical (unpaired) electrons. The smallest absolute Gasteiger partial charge is 0.246 e. The van der Waals surface area contributed by atoms with E-state index in [-0.39, 0.29) is 5.91 Å². The van der Waals surface area contributed by atoms with Gasteiger partial charge in [-0.3, -0.25) is 9.78 Å². The number of pyridine rings is 1. The standard InChI is InChI=1S/C22H22N4O/c27-21(25-14-5-2-6-15-25)12-11-19-17-26(20-9-3-1-4-10-20)24-22(19)18-8-7-13-23-16-18/h1,3-4,7-13,16-17H,2,5-6,14-15H2/b12-11+. The number of carbonyl (C=O) groups is 1. The molecule has 0 atom stereocenters. The van der Waals surface area contributed by atoms with Crippen LogP contribution in [0.1, 0.15) is 24.8 Å². The number of hydrogen-bond donors (Lipinski definition) is 0. The number of para-hydroxylation sites is 1. The number of benzene rings is 1. The van der Waals surface area contributed by atoms with Crippen LogP contribution >= 0.6 is 0 Å². The average molecular weight is 358 g/mol. The van der Waals surface area contributed by atoms with Gasteiger partial charge in [0.2, 0.25) is 5.91 Å². The van der Waals surface area contributed by atoms with Crippen molar-refractivity contribution in [1.82, 2.24) is 19.7 Å². The number of carbonyl (C=O) groups excluding carboxylic acids is 1. The molecule has 1 saturated heterocycles. The maximum atomic E-state index is 12.5. The highest BCUT2D eigenvalue weighted by atomic mass is 16.2. The van der Waals surface area contributed by atoms with Gasteiger partial charge < -0.3 is 4.90 Å². The number of hydrogen-bond acceptors (Lipinski definition) is 3. The van der Waals surface area contributed by atoms with E-state index in [0.29, 0.717) is 0 Å². The zero-order valence-electron chi connectivity index (χ0n) is 15.2. The molecule has 0 N–H and O–H groups in total. The molecule has 0 bridgehead atoms. The summed E-state index contributed by atoms with van der Waals surface area (Å²) in [7, 11) is 0. The third-order valence-electron chi connectivity index (χ3n) is 4.77. The van der Waals surface area contributed by atoms with Crippen LogP contribution in [0.5, 0.6) is 0 Å². The summed E-state index contributed by atoms with van der Waals surface area (Å²) in [4.78, 5) is 18.6. The van der Waals surface area contributed by atoms with Crippen molar-refractivity contribution in [3.8, 4) is 16.9 Å². The van der Waals surface area contributed by atoms with Crippen molar-refractivity contribution < 1.29 is 4.79 Å². The van der Waals surface area contributed by atoms with E-state index in [1.54, 1.807) is 18.5 Å². The first-order valence-electron chi connectivity index (χ1n) is 9.34. The van der Waals surface area contributed by atoms with Crippen LogP contribution in [0.25, 0.3) is 23.0 Å². The molecular formula is C22H22N4O. The fourth-order valence-corrected chi connectivity index (χ4v) is 3.33. The fourth-order valence-electron chi connectivity index (χ4n) is 3.33. The van der Waals surface area contributed by atoms with E-state index in [1.165, 1.54) is 6.42 Å². The molecule has 136 valence electrons. The minimum atomic E-state index is 0.0688. The lowest BCUT2D eigenvalue weighted by Crippen LogP contribution is -2.34. The number of amides is 1. The van der Waals surface area contributed by atoms with Gasteiger partial charge in [0, 0.05) is 48.9 Å². The zero-order valence-corrected chi connectivity index (χ0v) is 15.2. The molecule has 0 aliphatic carbocycles. The monoisotopic (exact) mass is 358 g/mol. The van der Waals surface area contributed by atoms with Gasteiger partial charge in [0.1, 0.15) is 5.69 Å². The molecule has 3 heterocycles. The van der Waals surface area contributed by atoms with Crippen molar-refractivity contribution in [3.63, 3.8) is 0 Å². The number of piperidine rings is 1. The van der Waals surface area contributed by atoms with Gasteiger partial charge in [-0.1, -0.05) is 18.2 Å². The number of rotatable bonds is 4. The van der Waals surface area contributed by atoms with Crippen molar-refractivity contribution in [1.29, 1.82) is 0 Å². The van der Waals surface area contributed by atoms with Gasteiger partial charge in [-0.2, -0.15) is 5.10 Å². The van der Waals surface area contributed by atoms with E-state index in [1.807, 2.05) is 64.3 Å². The number of likely N-dealkylation sites (tertiary alicyclic amines) is 1. The van der Waals surface area contributed by atoms with E-state index < -0.39 is 0 Å². The second-order valence-corrected chi connectivity index (χ2v) is 6.67. The Morgan fingerprint density at radius 3 is 2.56 bits per heavy atom. The van der Waals surface area contributed by atoms with Crippen molar-refractivity contribution >= 4 is 12.0 Å². The summed E-state index contributed by atoms with van der Waals surface area (Å²) in [6.07, 6.45) is 12.4. The first-order valence-corrected chi connectivity index (χ1v) is 9.34. The molecule has 4 rings (SSSR count). The van der Waals surface area contributed by atoms with Crippen LogP contribution < -0.4 is 0 Å². The maximum Gasteiger partial charge on any atom is 0.246 e. The van der Waals surface area contributed by atoms with Gasteiger partial charge >= 0.3 is 0 Å². The van der Waals surface area contributed by atoms with Gasteiger partial charge in [0.05, 0.1) is 5.69 Å². The third-order valence-corrected chi connectivity index (χ3v) is 4.77. The highest BCUT2D eigenvalue weighted by Gasteiger charge is 2.15. The van der Waals surface area contributed by atoms with Gasteiger partial charge in [-0.05, 0) is 49.6 Å². The van der Waals surface area contributed by atoms with E-state index in [0.717, 1.165) is 48.4 Å². The first kappa shape index (κ1) is 17.2. The molecule has 1 aliphatic heterocycles. The van der Waals surface area contributed by atoms with Crippen molar-refractivity contribution in [2.45, 2.75) is 19.3 Å².